The van der Waals surface area contributed by atoms with E-state index in [-0.39, 0.29) is 17.9 Å². The van der Waals surface area contributed by atoms with Crippen LogP contribution >= 0.6 is 11.6 Å². The van der Waals surface area contributed by atoms with E-state index in [1.807, 2.05) is 18.3 Å². The lowest BCUT2D eigenvalue weighted by Crippen LogP contribution is -2.43. The number of aromatic nitrogens is 2. The van der Waals surface area contributed by atoms with Gasteiger partial charge in [0, 0.05) is 35.2 Å². The number of piperidine rings is 1. The minimum absolute atomic E-state index is 0.0784. The molecule has 0 unspecified atom stereocenters. The molecule has 1 amide bonds. The van der Waals surface area contributed by atoms with Gasteiger partial charge in [0.1, 0.15) is 0 Å². The second-order valence-corrected chi connectivity index (χ2v) is 6.08. The molecule has 3 aliphatic heterocycles. The lowest BCUT2D eigenvalue weighted by Gasteiger charge is -2.25. The van der Waals surface area contributed by atoms with Crippen LogP contribution in [0.1, 0.15) is 12.8 Å². The van der Waals surface area contributed by atoms with E-state index in [9.17, 15) is 4.79 Å². The van der Waals surface area contributed by atoms with Crippen molar-refractivity contribution in [2.75, 3.05) is 18.0 Å². The Labute approximate surface area is 121 Å². The van der Waals surface area contributed by atoms with Gasteiger partial charge >= 0.3 is 0 Å². The van der Waals surface area contributed by atoms with E-state index in [4.69, 9.17) is 11.6 Å². The van der Waals surface area contributed by atoms with Crippen molar-refractivity contribution < 1.29 is 4.79 Å². The van der Waals surface area contributed by atoms with Crippen LogP contribution in [-0.2, 0) is 4.79 Å². The second kappa shape index (κ2) is 4.38. The number of hydrogen-bond acceptors (Lipinski definition) is 3. The van der Waals surface area contributed by atoms with Crippen LogP contribution in [-0.4, -0.2) is 35.2 Å². The molecule has 0 radical (unpaired) electrons. The summed E-state index contributed by atoms with van der Waals surface area (Å²) in [5.74, 6) is 0.267. The molecule has 6 heteroatoms. The van der Waals surface area contributed by atoms with E-state index in [0.717, 1.165) is 42.5 Å². The zero-order valence-electron chi connectivity index (χ0n) is 10.9. The Morgan fingerprint density at radius 1 is 1.30 bits per heavy atom. The number of fused-ring (bicyclic) bond motifs is 5. The zero-order valence-corrected chi connectivity index (χ0v) is 11.7. The Bertz CT molecular complexity index is 683. The Morgan fingerprint density at radius 2 is 2.20 bits per heavy atom. The minimum Gasteiger partial charge on any atom is -0.368 e. The molecule has 3 saturated heterocycles. The summed E-state index contributed by atoms with van der Waals surface area (Å²) in [5, 5.41) is 11.9. The maximum absolute atomic E-state index is 12.0. The normalized spacial score (nSPS) is 25.9. The Kier molecular flexibility index (Phi) is 2.63. The number of H-pyrrole nitrogens is 1. The van der Waals surface area contributed by atoms with E-state index in [1.54, 1.807) is 0 Å². The number of hydrogen-bond donors (Lipinski definition) is 2. The first-order valence-electron chi connectivity index (χ1n) is 6.88. The monoisotopic (exact) mass is 290 g/mol. The van der Waals surface area contributed by atoms with E-state index in [0.29, 0.717) is 5.02 Å². The van der Waals surface area contributed by atoms with E-state index in [1.165, 1.54) is 0 Å². The number of carbonyl (C=O) groups excluding carboxylic acids is 1. The topological polar surface area (TPSA) is 61.0 Å². The fourth-order valence-corrected chi connectivity index (χ4v) is 3.51. The highest BCUT2D eigenvalue weighted by Crippen LogP contribution is 2.33. The largest absolute Gasteiger partial charge is 0.368 e. The number of halogens is 1. The fourth-order valence-electron chi connectivity index (χ4n) is 3.30. The van der Waals surface area contributed by atoms with Gasteiger partial charge in [-0.3, -0.25) is 9.89 Å². The summed E-state index contributed by atoms with van der Waals surface area (Å²) in [6, 6.07) is 4.08. The van der Waals surface area contributed by atoms with Crippen LogP contribution in [0, 0.1) is 5.92 Å². The summed E-state index contributed by atoms with van der Waals surface area (Å²) in [6.45, 7) is 1.59. The number of benzene rings is 1. The van der Waals surface area contributed by atoms with Crippen LogP contribution in [0.5, 0.6) is 0 Å². The van der Waals surface area contributed by atoms with E-state index >= 15 is 0 Å². The summed E-state index contributed by atoms with van der Waals surface area (Å²) >= 11 is 6.20. The lowest BCUT2D eigenvalue weighted by molar-refractivity contribution is -0.126. The number of amides is 1. The summed E-state index contributed by atoms with van der Waals surface area (Å²) < 4.78 is 0. The van der Waals surface area contributed by atoms with Crippen LogP contribution in [0.25, 0.3) is 10.9 Å². The molecule has 2 atom stereocenters. The highest BCUT2D eigenvalue weighted by atomic mass is 35.5. The summed E-state index contributed by atoms with van der Waals surface area (Å²) in [4.78, 5) is 14.2. The van der Waals surface area contributed by atoms with Crippen LogP contribution in [0.4, 0.5) is 5.69 Å². The quantitative estimate of drug-likeness (QED) is 0.844. The average molecular weight is 291 g/mol. The van der Waals surface area contributed by atoms with Crippen LogP contribution in [0.2, 0.25) is 5.02 Å². The molecule has 2 aromatic rings. The number of carbonyl (C=O) groups is 1. The van der Waals surface area contributed by atoms with Crippen molar-refractivity contribution in [2.24, 2.45) is 5.92 Å². The number of nitrogens with one attached hydrogen (secondary N) is 2. The van der Waals surface area contributed by atoms with E-state index in [2.05, 4.69) is 20.4 Å². The van der Waals surface area contributed by atoms with Crippen molar-refractivity contribution in [3.63, 3.8) is 0 Å². The zero-order chi connectivity index (χ0) is 13.7. The summed E-state index contributed by atoms with van der Waals surface area (Å²) in [6.07, 6.45) is 3.85. The molecule has 20 heavy (non-hydrogen) atoms. The van der Waals surface area contributed by atoms with Crippen LogP contribution in [0.3, 0.4) is 0 Å². The van der Waals surface area contributed by atoms with Gasteiger partial charge in [0.05, 0.1) is 17.6 Å². The maximum atomic E-state index is 12.0. The molecule has 2 bridgehead atoms. The van der Waals surface area contributed by atoms with Gasteiger partial charge in [-0.05, 0) is 25.0 Å². The third-order valence-electron chi connectivity index (χ3n) is 4.30. The Hall–Kier alpha value is -1.75. The number of anilines is 1. The van der Waals surface area contributed by atoms with Crippen LogP contribution < -0.4 is 10.2 Å². The maximum Gasteiger partial charge on any atom is 0.225 e. The molecule has 104 valence electrons. The van der Waals surface area contributed by atoms with E-state index < -0.39 is 0 Å². The third kappa shape index (κ3) is 1.85. The highest BCUT2D eigenvalue weighted by Gasteiger charge is 2.35. The Balaban J connectivity index is 1.79. The molecule has 0 saturated carbocycles. The number of rotatable bonds is 1. The molecule has 0 spiro atoms. The molecule has 4 heterocycles. The van der Waals surface area contributed by atoms with Gasteiger partial charge in [-0.2, -0.15) is 5.10 Å². The van der Waals surface area contributed by atoms with Crippen molar-refractivity contribution in [1.82, 2.24) is 15.5 Å². The number of nitrogens with zero attached hydrogens (tertiary/aromatic N) is 2. The third-order valence-corrected chi connectivity index (χ3v) is 4.52. The second-order valence-electron chi connectivity index (χ2n) is 5.64. The first kappa shape index (κ1) is 12.0. The van der Waals surface area contributed by atoms with Gasteiger partial charge < -0.3 is 10.2 Å². The first-order valence-corrected chi connectivity index (χ1v) is 7.26. The smallest absolute Gasteiger partial charge is 0.225 e. The predicted molar refractivity (Wildman–Crippen MR) is 78.0 cm³/mol. The van der Waals surface area contributed by atoms with Crippen molar-refractivity contribution in [2.45, 2.75) is 18.9 Å². The molecule has 3 aliphatic rings. The average Bonchev–Trinajstić information content (AvgIpc) is 2.70. The van der Waals surface area contributed by atoms with Crippen LogP contribution in [0.15, 0.2) is 18.3 Å². The fraction of sp³-hybridized carbons (Fsp3) is 0.429. The van der Waals surface area contributed by atoms with Crippen molar-refractivity contribution in [1.29, 1.82) is 0 Å². The lowest BCUT2D eigenvalue weighted by atomic mass is 9.96. The van der Waals surface area contributed by atoms with Gasteiger partial charge in [-0.25, -0.2) is 0 Å². The van der Waals surface area contributed by atoms with Gasteiger partial charge in [0.2, 0.25) is 5.91 Å². The SMILES string of the molecule is O=C1N[C@H]2CC[C@@H]1CN(c1cc(Cl)cc3[nH]ncc13)C2. The van der Waals surface area contributed by atoms with Crippen molar-refractivity contribution >= 4 is 34.1 Å². The van der Waals surface area contributed by atoms with Gasteiger partial charge in [0.25, 0.3) is 0 Å². The standard InChI is InChI=1S/C14H15ClN4O/c15-9-3-12-11(5-16-18-12)13(4-9)19-6-8-1-2-10(7-19)17-14(8)20/h3-5,8,10H,1-2,6-7H2,(H,16,18)(H,17,20)/t8-,10+/m1/s1. The minimum atomic E-state index is 0.0784. The van der Waals surface area contributed by atoms with Crippen molar-refractivity contribution in [3.05, 3.63) is 23.4 Å². The highest BCUT2D eigenvalue weighted by molar-refractivity contribution is 6.31. The van der Waals surface area contributed by atoms with Gasteiger partial charge in [0.15, 0.2) is 0 Å². The molecular weight excluding hydrogens is 276 g/mol. The molecule has 5 rings (SSSR count). The molecule has 1 aromatic heterocycles. The van der Waals surface area contributed by atoms with Crippen molar-refractivity contribution in [3.8, 4) is 0 Å². The summed E-state index contributed by atoms with van der Waals surface area (Å²) in [7, 11) is 0. The molecule has 2 N–H and O–H groups in total. The first-order chi connectivity index (χ1) is 9.70. The molecule has 5 nitrogen and oxygen atoms in total. The number of aromatic amines is 1. The molecule has 1 aromatic carbocycles. The Morgan fingerprint density at radius 3 is 3.05 bits per heavy atom. The predicted octanol–water partition coefficient (Wildman–Crippen LogP) is 1.93. The molecule has 3 fully saturated rings. The molecular formula is C14H15ClN4O. The molecule has 0 aliphatic carbocycles. The van der Waals surface area contributed by atoms with Gasteiger partial charge in [-0.1, -0.05) is 11.6 Å². The van der Waals surface area contributed by atoms with Gasteiger partial charge in [-0.15, -0.1) is 0 Å². The summed E-state index contributed by atoms with van der Waals surface area (Å²) in [5.41, 5.74) is 2.00.